The number of halogens is 1. The number of nitrogens with one attached hydrogen (secondary N) is 1. The van der Waals surface area contributed by atoms with E-state index in [2.05, 4.69) is 29.1 Å². The molecule has 88 valence electrons. The highest BCUT2D eigenvalue weighted by molar-refractivity contribution is 6.30. The van der Waals surface area contributed by atoms with Crippen LogP contribution in [0.25, 0.3) is 0 Å². The third kappa shape index (κ3) is 2.14. The minimum Gasteiger partial charge on any atom is -0.366 e. The van der Waals surface area contributed by atoms with Crippen molar-refractivity contribution < 1.29 is 0 Å². The molecule has 1 N–H and O–H groups in total. The van der Waals surface area contributed by atoms with E-state index >= 15 is 0 Å². The summed E-state index contributed by atoms with van der Waals surface area (Å²) in [5.41, 5.74) is 1.27. The van der Waals surface area contributed by atoms with Crippen LogP contribution in [-0.4, -0.2) is 16.0 Å². The summed E-state index contributed by atoms with van der Waals surface area (Å²) >= 11 is 5.98. The maximum Gasteiger partial charge on any atom is 0.137 e. The first-order valence-electron chi connectivity index (χ1n) is 5.74. The number of nitrogens with zero attached hydrogens (tertiary/aromatic N) is 2. The Balaban J connectivity index is 2.18. The van der Waals surface area contributed by atoms with Crippen LogP contribution < -0.4 is 5.32 Å². The Bertz CT molecular complexity index is 390. The number of rotatable bonds is 2. The van der Waals surface area contributed by atoms with Crippen LogP contribution in [0.15, 0.2) is 6.33 Å². The summed E-state index contributed by atoms with van der Waals surface area (Å²) in [6, 6.07) is 0.483. The van der Waals surface area contributed by atoms with Gasteiger partial charge in [0.05, 0.1) is 0 Å². The van der Waals surface area contributed by atoms with Crippen LogP contribution in [0.1, 0.15) is 38.7 Å². The molecule has 1 unspecified atom stereocenters. The van der Waals surface area contributed by atoms with Gasteiger partial charge in [0, 0.05) is 11.6 Å². The van der Waals surface area contributed by atoms with Crippen LogP contribution >= 0.6 is 11.6 Å². The van der Waals surface area contributed by atoms with E-state index in [1.54, 1.807) is 0 Å². The molecule has 0 bridgehead atoms. The van der Waals surface area contributed by atoms with E-state index in [9.17, 15) is 0 Å². The predicted octanol–water partition coefficient (Wildman–Crippen LogP) is 3.43. The zero-order valence-electron chi connectivity index (χ0n) is 10.0. The van der Waals surface area contributed by atoms with E-state index < -0.39 is 0 Å². The molecule has 0 spiro atoms. The Morgan fingerprint density at radius 2 is 2.19 bits per heavy atom. The van der Waals surface area contributed by atoms with Crippen molar-refractivity contribution in [2.45, 2.75) is 46.1 Å². The Kier molecular flexibility index (Phi) is 3.06. The van der Waals surface area contributed by atoms with Crippen molar-refractivity contribution >= 4 is 17.4 Å². The van der Waals surface area contributed by atoms with Gasteiger partial charge in [-0.1, -0.05) is 31.9 Å². The third-order valence-corrected chi connectivity index (χ3v) is 3.97. The lowest BCUT2D eigenvalue weighted by Gasteiger charge is -2.28. The molecule has 0 radical (unpaired) electrons. The van der Waals surface area contributed by atoms with Gasteiger partial charge >= 0.3 is 0 Å². The molecule has 1 atom stereocenters. The Hall–Kier alpha value is -0.830. The van der Waals surface area contributed by atoms with Crippen molar-refractivity contribution in [1.29, 1.82) is 0 Å². The summed E-state index contributed by atoms with van der Waals surface area (Å²) in [5.74, 6) is 0.875. The molecule has 1 aromatic heterocycles. The normalized spacial score (nSPS) is 23.4. The third-order valence-electron chi connectivity index (χ3n) is 3.59. The molecule has 3 nitrogen and oxygen atoms in total. The molecule has 0 aromatic carbocycles. The van der Waals surface area contributed by atoms with Gasteiger partial charge in [0.2, 0.25) is 0 Å². The first kappa shape index (κ1) is 11.6. The molecule has 1 fully saturated rings. The predicted molar refractivity (Wildman–Crippen MR) is 66.8 cm³/mol. The highest BCUT2D eigenvalue weighted by Crippen LogP contribution is 2.39. The van der Waals surface area contributed by atoms with Crippen molar-refractivity contribution in [1.82, 2.24) is 9.97 Å². The fourth-order valence-corrected chi connectivity index (χ4v) is 2.47. The van der Waals surface area contributed by atoms with Crippen LogP contribution in [0.5, 0.6) is 0 Å². The lowest BCUT2D eigenvalue weighted by atomic mass is 9.87. The number of hydrogen-bond acceptors (Lipinski definition) is 3. The van der Waals surface area contributed by atoms with Crippen molar-refractivity contribution in [3.63, 3.8) is 0 Å². The molecule has 1 saturated carbocycles. The van der Waals surface area contributed by atoms with Gasteiger partial charge in [-0.2, -0.15) is 0 Å². The van der Waals surface area contributed by atoms with Crippen molar-refractivity contribution in [3.8, 4) is 0 Å². The van der Waals surface area contributed by atoms with Gasteiger partial charge in [-0.3, -0.25) is 0 Å². The molecular weight excluding hydrogens is 222 g/mol. The van der Waals surface area contributed by atoms with Crippen molar-refractivity contribution in [3.05, 3.63) is 17.0 Å². The van der Waals surface area contributed by atoms with Gasteiger partial charge < -0.3 is 5.32 Å². The zero-order valence-corrected chi connectivity index (χ0v) is 10.8. The monoisotopic (exact) mass is 239 g/mol. The van der Waals surface area contributed by atoms with Gasteiger partial charge in [-0.05, 0) is 25.2 Å². The first-order chi connectivity index (χ1) is 7.50. The average molecular weight is 240 g/mol. The molecule has 4 heteroatoms. The minimum absolute atomic E-state index is 0.337. The fourth-order valence-electron chi connectivity index (χ4n) is 2.33. The van der Waals surface area contributed by atoms with E-state index in [-0.39, 0.29) is 0 Å². The fraction of sp³-hybridized carbons (Fsp3) is 0.667. The Morgan fingerprint density at radius 1 is 1.44 bits per heavy atom. The van der Waals surface area contributed by atoms with Crippen LogP contribution in [0.3, 0.4) is 0 Å². The maximum absolute atomic E-state index is 5.98. The Morgan fingerprint density at radius 3 is 2.81 bits per heavy atom. The summed E-state index contributed by atoms with van der Waals surface area (Å²) in [6.45, 7) is 6.55. The van der Waals surface area contributed by atoms with E-state index in [0.717, 1.165) is 11.4 Å². The second-order valence-corrected chi connectivity index (χ2v) is 5.57. The lowest BCUT2D eigenvalue weighted by molar-refractivity contribution is 0.349. The summed E-state index contributed by atoms with van der Waals surface area (Å²) in [6.07, 6.45) is 5.26. The lowest BCUT2D eigenvalue weighted by Crippen LogP contribution is -2.31. The molecule has 1 heterocycles. The van der Waals surface area contributed by atoms with E-state index in [4.69, 9.17) is 11.6 Å². The topological polar surface area (TPSA) is 37.8 Å². The molecule has 1 aliphatic carbocycles. The smallest absolute Gasteiger partial charge is 0.137 e. The summed E-state index contributed by atoms with van der Waals surface area (Å²) in [4.78, 5) is 8.23. The number of aromatic nitrogens is 2. The molecular formula is C12H18ClN3. The number of hydrogen-bond donors (Lipinski definition) is 1. The maximum atomic E-state index is 5.98. The van der Waals surface area contributed by atoms with Gasteiger partial charge in [0.15, 0.2) is 0 Å². The Labute approximate surface area is 102 Å². The van der Waals surface area contributed by atoms with Gasteiger partial charge in [0.25, 0.3) is 0 Å². The second-order valence-electron chi connectivity index (χ2n) is 5.22. The first-order valence-corrected chi connectivity index (χ1v) is 6.12. The highest BCUT2D eigenvalue weighted by atomic mass is 35.5. The van der Waals surface area contributed by atoms with Gasteiger partial charge in [0.1, 0.15) is 17.3 Å². The summed E-state index contributed by atoms with van der Waals surface area (Å²) in [7, 11) is 0. The van der Waals surface area contributed by atoms with E-state index in [0.29, 0.717) is 16.6 Å². The molecule has 1 aliphatic rings. The number of anilines is 1. The molecule has 1 aromatic rings. The van der Waals surface area contributed by atoms with Crippen LogP contribution in [0, 0.1) is 12.3 Å². The zero-order chi connectivity index (χ0) is 11.8. The van der Waals surface area contributed by atoms with Crippen molar-refractivity contribution in [2.75, 3.05) is 5.32 Å². The van der Waals surface area contributed by atoms with Crippen LogP contribution in [0.4, 0.5) is 5.82 Å². The van der Waals surface area contributed by atoms with E-state index in [1.807, 2.05) is 6.92 Å². The molecule has 0 aliphatic heterocycles. The SMILES string of the molecule is Cc1c(Cl)ncnc1NC1CCCC1(C)C. The van der Waals surface area contributed by atoms with Gasteiger partial charge in [-0.15, -0.1) is 0 Å². The molecule has 0 saturated heterocycles. The van der Waals surface area contributed by atoms with Crippen LogP contribution in [0.2, 0.25) is 5.15 Å². The molecule has 2 rings (SSSR count). The molecule has 16 heavy (non-hydrogen) atoms. The standard InChI is InChI=1S/C12H18ClN3/c1-8-10(13)14-7-15-11(8)16-9-5-4-6-12(9,2)3/h7,9H,4-6H2,1-3H3,(H,14,15,16). The van der Waals surface area contributed by atoms with Crippen LogP contribution in [-0.2, 0) is 0 Å². The van der Waals surface area contributed by atoms with Gasteiger partial charge in [-0.25, -0.2) is 9.97 Å². The van der Waals surface area contributed by atoms with E-state index in [1.165, 1.54) is 25.6 Å². The average Bonchev–Trinajstić information content (AvgIpc) is 2.54. The molecule has 0 amide bonds. The summed E-state index contributed by atoms with van der Waals surface area (Å²) < 4.78 is 0. The second kappa shape index (κ2) is 4.21. The quantitative estimate of drug-likeness (QED) is 0.804. The minimum atomic E-state index is 0.337. The largest absolute Gasteiger partial charge is 0.366 e. The highest BCUT2D eigenvalue weighted by Gasteiger charge is 2.34. The van der Waals surface area contributed by atoms with Crippen molar-refractivity contribution in [2.24, 2.45) is 5.41 Å². The summed E-state index contributed by atoms with van der Waals surface area (Å²) in [5, 5.41) is 4.04.